The lowest BCUT2D eigenvalue weighted by atomic mass is 9.92. The van der Waals surface area contributed by atoms with Gasteiger partial charge >= 0.3 is 0 Å². The summed E-state index contributed by atoms with van der Waals surface area (Å²) in [4.78, 5) is 17.2. The second-order valence-electron chi connectivity index (χ2n) is 7.94. The minimum absolute atomic E-state index is 0.119. The van der Waals surface area contributed by atoms with Gasteiger partial charge in [0.25, 0.3) is 0 Å². The van der Waals surface area contributed by atoms with Gasteiger partial charge in [-0.15, -0.1) is 0 Å². The monoisotopic (exact) mass is 395 g/mol. The highest BCUT2D eigenvalue weighted by Crippen LogP contribution is 2.23. The van der Waals surface area contributed by atoms with Gasteiger partial charge in [-0.05, 0) is 54.7 Å². The molecule has 0 aliphatic heterocycles. The van der Waals surface area contributed by atoms with E-state index in [2.05, 4.69) is 10.3 Å². The number of hydrogen-bond acceptors (Lipinski definition) is 3. The molecule has 29 heavy (non-hydrogen) atoms. The zero-order valence-corrected chi connectivity index (χ0v) is 16.6. The highest BCUT2D eigenvalue weighted by Gasteiger charge is 2.24. The first-order valence-corrected chi connectivity index (χ1v) is 10.2. The first kappa shape index (κ1) is 19.6. The van der Waals surface area contributed by atoms with Crippen molar-refractivity contribution in [2.75, 3.05) is 0 Å². The fourth-order valence-corrected chi connectivity index (χ4v) is 4.20. The number of carbonyl (C=O) groups is 1. The Labute approximate surface area is 169 Å². The largest absolute Gasteiger partial charge is 0.391 e. The summed E-state index contributed by atoms with van der Waals surface area (Å²) in [6.45, 7) is 0. The van der Waals surface area contributed by atoms with Crippen molar-refractivity contribution in [3.05, 3.63) is 65.2 Å². The van der Waals surface area contributed by atoms with E-state index in [9.17, 15) is 14.3 Å². The maximum absolute atomic E-state index is 13.2. The van der Waals surface area contributed by atoms with Crippen LogP contribution in [0.1, 0.15) is 42.5 Å². The molecular weight excluding hydrogens is 369 g/mol. The molecule has 1 saturated carbocycles. The molecule has 2 N–H and O–H groups in total. The van der Waals surface area contributed by atoms with Crippen LogP contribution >= 0.6 is 0 Å². The Hall–Kier alpha value is -2.73. The molecule has 1 aliphatic carbocycles. The second kappa shape index (κ2) is 8.33. The number of hydrogen-bond donors (Lipinski definition) is 2. The van der Waals surface area contributed by atoms with Crippen LogP contribution in [0, 0.1) is 5.82 Å². The number of halogens is 1. The lowest BCUT2D eigenvalue weighted by Gasteiger charge is -2.28. The predicted octanol–water partition coefficient (Wildman–Crippen LogP) is 3.27. The number of fused-ring (bicyclic) bond motifs is 1. The van der Waals surface area contributed by atoms with Crippen molar-refractivity contribution in [1.82, 2.24) is 14.9 Å². The molecule has 2 aromatic heterocycles. The third-order valence-corrected chi connectivity index (χ3v) is 5.69. The predicted molar refractivity (Wildman–Crippen MR) is 110 cm³/mol. The summed E-state index contributed by atoms with van der Waals surface area (Å²) in [5.41, 5.74) is 4.60. The number of aliphatic hydroxyl groups is 1. The van der Waals surface area contributed by atoms with Gasteiger partial charge in [-0.2, -0.15) is 0 Å². The summed E-state index contributed by atoms with van der Waals surface area (Å²) < 4.78 is 15.3. The molecule has 2 heterocycles. The zero-order valence-electron chi connectivity index (χ0n) is 16.6. The van der Waals surface area contributed by atoms with Crippen LogP contribution in [-0.2, 0) is 24.7 Å². The van der Waals surface area contributed by atoms with Gasteiger partial charge in [0.15, 0.2) is 0 Å². The fourth-order valence-electron chi connectivity index (χ4n) is 4.20. The molecule has 0 bridgehead atoms. The standard InChI is InChI=1S/C23H26FN3O2/c1-27-11-10-20-23(27)16(12-15-6-8-17(24)9-7-15)13-18(25-20)14-22(29)26-19-4-2-3-5-21(19)28/h6-11,13,19,21,28H,2-5,12,14H2,1H3,(H,26,29)/t19-,21-/m0/s1. The summed E-state index contributed by atoms with van der Waals surface area (Å²) in [7, 11) is 1.97. The van der Waals surface area contributed by atoms with Crippen LogP contribution in [0.3, 0.4) is 0 Å². The minimum atomic E-state index is -0.466. The van der Waals surface area contributed by atoms with E-state index in [0.717, 1.165) is 47.8 Å². The third kappa shape index (κ3) is 4.48. The first-order valence-electron chi connectivity index (χ1n) is 10.2. The summed E-state index contributed by atoms with van der Waals surface area (Å²) >= 11 is 0. The molecule has 3 aromatic rings. The summed E-state index contributed by atoms with van der Waals surface area (Å²) in [6.07, 6.45) is 5.87. The Morgan fingerprint density at radius 1 is 1.24 bits per heavy atom. The molecule has 1 fully saturated rings. The quantitative estimate of drug-likeness (QED) is 0.697. The third-order valence-electron chi connectivity index (χ3n) is 5.69. The second-order valence-corrected chi connectivity index (χ2v) is 7.94. The minimum Gasteiger partial charge on any atom is -0.391 e. The van der Waals surface area contributed by atoms with E-state index in [1.165, 1.54) is 12.1 Å². The highest BCUT2D eigenvalue weighted by atomic mass is 19.1. The van der Waals surface area contributed by atoms with Crippen LogP contribution in [0.25, 0.3) is 11.0 Å². The average molecular weight is 395 g/mol. The van der Waals surface area contributed by atoms with Crippen molar-refractivity contribution in [3.63, 3.8) is 0 Å². The van der Waals surface area contributed by atoms with Gasteiger partial charge in [0.2, 0.25) is 5.91 Å². The molecule has 6 heteroatoms. The lowest BCUT2D eigenvalue weighted by molar-refractivity contribution is -0.122. The molecule has 5 nitrogen and oxygen atoms in total. The number of carbonyl (C=O) groups excluding carboxylic acids is 1. The summed E-state index contributed by atoms with van der Waals surface area (Å²) in [5, 5.41) is 13.1. The first-order chi connectivity index (χ1) is 14.0. The number of nitrogens with zero attached hydrogens (tertiary/aromatic N) is 2. The number of nitrogens with one attached hydrogen (secondary N) is 1. The van der Waals surface area contributed by atoms with Crippen LogP contribution in [0.5, 0.6) is 0 Å². The summed E-state index contributed by atoms with van der Waals surface area (Å²) in [6, 6.07) is 10.2. The van der Waals surface area contributed by atoms with Gasteiger partial charge in [0.05, 0.1) is 35.3 Å². The van der Waals surface area contributed by atoms with Crippen molar-refractivity contribution in [3.8, 4) is 0 Å². The maximum atomic E-state index is 13.2. The molecule has 0 spiro atoms. The Kier molecular flexibility index (Phi) is 5.62. The molecule has 1 amide bonds. The molecule has 4 rings (SSSR count). The van der Waals surface area contributed by atoms with Gasteiger partial charge in [-0.25, -0.2) is 4.39 Å². The zero-order chi connectivity index (χ0) is 20.4. The van der Waals surface area contributed by atoms with Gasteiger partial charge < -0.3 is 15.0 Å². The summed E-state index contributed by atoms with van der Waals surface area (Å²) in [5.74, 6) is -0.374. The van der Waals surface area contributed by atoms with Crippen molar-refractivity contribution in [2.24, 2.45) is 7.05 Å². The molecule has 152 valence electrons. The van der Waals surface area contributed by atoms with Crippen molar-refractivity contribution in [2.45, 2.75) is 50.7 Å². The van der Waals surface area contributed by atoms with E-state index in [1.54, 1.807) is 12.1 Å². The molecule has 2 atom stereocenters. The maximum Gasteiger partial charge on any atom is 0.226 e. The lowest BCUT2D eigenvalue weighted by Crippen LogP contribution is -2.45. The number of amides is 1. The van der Waals surface area contributed by atoms with E-state index >= 15 is 0 Å². The normalized spacial score (nSPS) is 19.4. The van der Waals surface area contributed by atoms with E-state index in [-0.39, 0.29) is 24.2 Å². The number of rotatable bonds is 5. The number of aryl methyl sites for hydroxylation is 1. The van der Waals surface area contributed by atoms with Crippen molar-refractivity contribution < 1.29 is 14.3 Å². The molecular formula is C23H26FN3O2. The number of aliphatic hydroxyl groups excluding tert-OH is 1. The van der Waals surface area contributed by atoms with Crippen LogP contribution in [-0.4, -0.2) is 32.7 Å². The van der Waals surface area contributed by atoms with Gasteiger partial charge in [-0.3, -0.25) is 9.78 Å². The van der Waals surface area contributed by atoms with Crippen molar-refractivity contribution in [1.29, 1.82) is 0 Å². The Morgan fingerprint density at radius 2 is 2.00 bits per heavy atom. The Morgan fingerprint density at radius 3 is 2.76 bits per heavy atom. The van der Waals surface area contributed by atoms with Gasteiger partial charge in [0, 0.05) is 13.2 Å². The molecule has 1 aromatic carbocycles. The van der Waals surface area contributed by atoms with E-state index in [4.69, 9.17) is 0 Å². The molecule has 1 aliphatic rings. The fraction of sp³-hybridized carbons (Fsp3) is 0.391. The van der Waals surface area contributed by atoms with E-state index in [0.29, 0.717) is 12.1 Å². The number of aromatic nitrogens is 2. The SMILES string of the molecule is Cn1ccc2nc(CC(=O)N[C@H]3CCCC[C@@H]3O)cc(Cc3ccc(F)cc3)c21. The smallest absolute Gasteiger partial charge is 0.226 e. The van der Waals surface area contributed by atoms with E-state index in [1.807, 2.05) is 29.9 Å². The molecule has 0 radical (unpaired) electrons. The topological polar surface area (TPSA) is 67.2 Å². The molecule has 0 unspecified atom stereocenters. The number of benzene rings is 1. The average Bonchev–Trinajstić information content (AvgIpc) is 3.06. The van der Waals surface area contributed by atoms with Crippen LogP contribution < -0.4 is 5.32 Å². The van der Waals surface area contributed by atoms with Crippen LogP contribution in [0.2, 0.25) is 0 Å². The number of pyridine rings is 1. The van der Waals surface area contributed by atoms with Crippen LogP contribution in [0.15, 0.2) is 42.6 Å². The van der Waals surface area contributed by atoms with Crippen molar-refractivity contribution >= 4 is 16.9 Å². The Bertz CT molecular complexity index is 1010. The van der Waals surface area contributed by atoms with Gasteiger partial charge in [-0.1, -0.05) is 25.0 Å². The Balaban J connectivity index is 1.56. The van der Waals surface area contributed by atoms with Gasteiger partial charge in [0.1, 0.15) is 5.82 Å². The van der Waals surface area contributed by atoms with Crippen LogP contribution in [0.4, 0.5) is 4.39 Å². The highest BCUT2D eigenvalue weighted by molar-refractivity contribution is 5.83. The molecule has 0 saturated heterocycles. The van der Waals surface area contributed by atoms with E-state index < -0.39 is 6.10 Å².